The van der Waals surface area contributed by atoms with Gasteiger partial charge in [-0.3, -0.25) is 4.79 Å². The van der Waals surface area contributed by atoms with Gasteiger partial charge in [0, 0.05) is 24.1 Å². The summed E-state index contributed by atoms with van der Waals surface area (Å²) in [5.74, 6) is 0.0320. The standard InChI is InChI=1S/C20H20N4O.C3H8/c1-13(2)20(25)24-12-14-8-4-5-9-15(14)18-19(23(3)22-21-18)16-10-6-7-11-17(16)24;1-3-2/h4-11,13H,12H2,1-3H3;3H2,1-2H3. The van der Waals surface area contributed by atoms with Crippen molar-refractivity contribution in [1.82, 2.24) is 15.0 Å². The second kappa shape index (κ2) is 8.38. The maximum Gasteiger partial charge on any atom is 0.229 e. The zero-order chi connectivity index (χ0) is 20.3. The molecule has 2 aromatic carbocycles. The largest absolute Gasteiger partial charge is 0.307 e. The van der Waals surface area contributed by atoms with E-state index in [9.17, 15) is 4.79 Å². The number of aryl methyl sites for hydroxylation is 1. The van der Waals surface area contributed by atoms with Crippen molar-refractivity contribution in [3.63, 3.8) is 0 Å². The van der Waals surface area contributed by atoms with Crippen LogP contribution in [0.15, 0.2) is 48.5 Å². The summed E-state index contributed by atoms with van der Waals surface area (Å²) in [6.07, 6.45) is 1.25. The third-order valence-corrected chi connectivity index (χ3v) is 4.64. The predicted octanol–water partition coefficient (Wildman–Crippen LogP) is 5.07. The van der Waals surface area contributed by atoms with E-state index >= 15 is 0 Å². The van der Waals surface area contributed by atoms with Gasteiger partial charge in [-0.05, 0) is 11.6 Å². The first-order valence-corrected chi connectivity index (χ1v) is 9.88. The highest BCUT2D eigenvalue weighted by Crippen LogP contribution is 2.40. The zero-order valence-corrected chi connectivity index (χ0v) is 17.3. The van der Waals surface area contributed by atoms with Gasteiger partial charge in [0.1, 0.15) is 5.69 Å². The summed E-state index contributed by atoms with van der Waals surface area (Å²) in [7, 11) is 1.89. The smallest absolute Gasteiger partial charge is 0.229 e. The van der Waals surface area contributed by atoms with Crippen LogP contribution in [0, 0.1) is 5.92 Å². The van der Waals surface area contributed by atoms with Gasteiger partial charge in [-0.2, -0.15) is 0 Å². The summed E-state index contributed by atoms with van der Waals surface area (Å²) in [6.45, 7) is 8.65. The molecule has 0 atom stereocenters. The Kier molecular flexibility index (Phi) is 5.93. The molecule has 0 radical (unpaired) electrons. The van der Waals surface area contributed by atoms with Crippen molar-refractivity contribution < 1.29 is 4.79 Å². The second-order valence-corrected chi connectivity index (χ2v) is 7.37. The number of carbonyl (C=O) groups is 1. The fourth-order valence-electron chi connectivity index (χ4n) is 3.40. The van der Waals surface area contributed by atoms with Crippen LogP contribution in [0.4, 0.5) is 5.69 Å². The molecule has 1 aliphatic rings. The summed E-state index contributed by atoms with van der Waals surface area (Å²) in [5, 5.41) is 8.66. The van der Waals surface area contributed by atoms with E-state index < -0.39 is 0 Å². The van der Waals surface area contributed by atoms with Gasteiger partial charge in [0.05, 0.1) is 17.9 Å². The number of para-hydroxylation sites is 1. The first-order valence-electron chi connectivity index (χ1n) is 9.88. The van der Waals surface area contributed by atoms with E-state index in [4.69, 9.17) is 0 Å². The lowest BCUT2D eigenvalue weighted by Crippen LogP contribution is -2.34. The van der Waals surface area contributed by atoms with Crippen LogP contribution < -0.4 is 4.90 Å². The highest BCUT2D eigenvalue weighted by atomic mass is 16.2. The van der Waals surface area contributed by atoms with Crippen LogP contribution in [-0.2, 0) is 18.4 Å². The maximum atomic E-state index is 13.0. The molecule has 5 nitrogen and oxygen atoms in total. The van der Waals surface area contributed by atoms with Gasteiger partial charge in [0.2, 0.25) is 5.91 Å². The first-order chi connectivity index (χ1) is 13.5. The molecule has 0 unspecified atom stereocenters. The normalized spacial score (nSPS) is 12.1. The highest BCUT2D eigenvalue weighted by Gasteiger charge is 2.29. The van der Waals surface area contributed by atoms with Gasteiger partial charge >= 0.3 is 0 Å². The minimum atomic E-state index is -0.0798. The van der Waals surface area contributed by atoms with E-state index in [0.29, 0.717) is 6.54 Å². The molecule has 1 aromatic heterocycles. The number of anilines is 1. The maximum absolute atomic E-state index is 13.0. The average molecular weight is 377 g/mol. The molecule has 0 spiro atoms. The predicted molar refractivity (Wildman–Crippen MR) is 114 cm³/mol. The number of hydrogen-bond donors (Lipinski definition) is 0. The Morgan fingerprint density at radius 2 is 1.64 bits per heavy atom. The Balaban J connectivity index is 0.000000706. The molecule has 28 heavy (non-hydrogen) atoms. The number of benzene rings is 2. The summed E-state index contributed by atoms with van der Waals surface area (Å²) < 4.78 is 1.79. The Labute approximate surface area is 167 Å². The van der Waals surface area contributed by atoms with Gasteiger partial charge < -0.3 is 4.90 Å². The average Bonchev–Trinajstić information content (AvgIpc) is 3.06. The van der Waals surface area contributed by atoms with Crippen LogP contribution >= 0.6 is 0 Å². The molecular weight excluding hydrogens is 348 g/mol. The number of rotatable bonds is 1. The second-order valence-electron chi connectivity index (χ2n) is 7.37. The Morgan fingerprint density at radius 3 is 2.32 bits per heavy atom. The number of carbonyl (C=O) groups excluding carboxylic acids is 1. The molecule has 4 rings (SSSR count). The highest BCUT2D eigenvalue weighted by molar-refractivity contribution is 6.00. The van der Waals surface area contributed by atoms with E-state index in [0.717, 1.165) is 33.8 Å². The molecule has 0 bridgehead atoms. The van der Waals surface area contributed by atoms with E-state index in [1.807, 2.05) is 62.2 Å². The van der Waals surface area contributed by atoms with Crippen molar-refractivity contribution in [2.75, 3.05) is 4.90 Å². The molecule has 0 N–H and O–H groups in total. The molecule has 0 saturated carbocycles. The van der Waals surface area contributed by atoms with E-state index in [-0.39, 0.29) is 11.8 Å². The zero-order valence-electron chi connectivity index (χ0n) is 17.3. The minimum Gasteiger partial charge on any atom is -0.307 e. The summed E-state index contributed by atoms with van der Waals surface area (Å²) >= 11 is 0. The van der Waals surface area contributed by atoms with Gasteiger partial charge in [-0.1, -0.05) is 81.8 Å². The molecule has 5 heteroatoms. The van der Waals surface area contributed by atoms with Crippen LogP contribution in [0.5, 0.6) is 0 Å². The number of aromatic nitrogens is 3. The SMILES string of the molecule is CC(C)C(=O)N1Cc2ccccc2-c2nnn(C)c2-c2ccccc21.CCC. The molecule has 1 aliphatic heterocycles. The Morgan fingerprint density at radius 1 is 1.04 bits per heavy atom. The molecule has 0 fully saturated rings. The third-order valence-electron chi connectivity index (χ3n) is 4.64. The third kappa shape index (κ3) is 3.57. The quantitative estimate of drug-likeness (QED) is 0.596. The number of hydrogen-bond acceptors (Lipinski definition) is 3. The van der Waals surface area contributed by atoms with Crippen LogP contribution in [0.1, 0.15) is 39.7 Å². The van der Waals surface area contributed by atoms with Crippen molar-refractivity contribution in [3.05, 3.63) is 54.1 Å². The lowest BCUT2D eigenvalue weighted by molar-refractivity contribution is -0.121. The van der Waals surface area contributed by atoms with E-state index in [1.165, 1.54) is 6.42 Å². The summed E-state index contributed by atoms with van der Waals surface area (Å²) in [4.78, 5) is 14.8. The van der Waals surface area contributed by atoms with E-state index in [2.05, 4.69) is 36.3 Å². The van der Waals surface area contributed by atoms with Crippen LogP contribution in [0.25, 0.3) is 22.5 Å². The Hall–Kier alpha value is -2.95. The number of nitrogens with zero attached hydrogens (tertiary/aromatic N) is 4. The molecule has 146 valence electrons. The lowest BCUT2D eigenvalue weighted by atomic mass is 9.95. The van der Waals surface area contributed by atoms with Gasteiger partial charge in [0.15, 0.2) is 0 Å². The van der Waals surface area contributed by atoms with Crippen molar-refractivity contribution in [2.24, 2.45) is 13.0 Å². The lowest BCUT2D eigenvalue weighted by Gasteiger charge is -2.29. The topological polar surface area (TPSA) is 51.0 Å². The van der Waals surface area contributed by atoms with Gasteiger partial charge in [-0.15, -0.1) is 5.10 Å². The number of amides is 1. The molecule has 3 aromatic rings. The fraction of sp³-hybridized carbons (Fsp3) is 0.348. The molecule has 0 saturated heterocycles. The Bertz CT molecular complexity index is 974. The monoisotopic (exact) mass is 376 g/mol. The van der Waals surface area contributed by atoms with Gasteiger partial charge in [-0.25, -0.2) is 4.68 Å². The minimum absolute atomic E-state index is 0.0798. The van der Waals surface area contributed by atoms with Gasteiger partial charge in [0.25, 0.3) is 0 Å². The summed E-state index contributed by atoms with van der Waals surface area (Å²) in [5.41, 5.74) is 5.79. The first kappa shape index (κ1) is 19.8. The van der Waals surface area contributed by atoms with Crippen molar-refractivity contribution in [2.45, 2.75) is 40.7 Å². The van der Waals surface area contributed by atoms with Crippen LogP contribution in [0.2, 0.25) is 0 Å². The van der Waals surface area contributed by atoms with Crippen molar-refractivity contribution in [1.29, 1.82) is 0 Å². The molecule has 1 amide bonds. The molecule has 2 heterocycles. The fourth-order valence-corrected chi connectivity index (χ4v) is 3.40. The molecular formula is C23H28N4O. The van der Waals surface area contributed by atoms with Crippen LogP contribution in [-0.4, -0.2) is 20.9 Å². The van der Waals surface area contributed by atoms with E-state index in [1.54, 1.807) is 4.68 Å². The van der Waals surface area contributed by atoms with Crippen molar-refractivity contribution >= 4 is 11.6 Å². The molecule has 0 aliphatic carbocycles. The van der Waals surface area contributed by atoms with Crippen LogP contribution in [0.3, 0.4) is 0 Å². The number of fused-ring (bicyclic) bond motifs is 5. The van der Waals surface area contributed by atoms with Crippen molar-refractivity contribution in [3.8, 4) is 22.5 Å². The summed E-state index contributed by atoms with van der Waals surface area (Å²) in [6, 6.07) is 16.1.